The molecule has 0 bridgehead atoms. The smallest absolute Gasteiger partial charge is 0.424 e. The summed E-state index contributed by atoms with van der Waals surface area (Å²) in [6.45, 7) is 0.999. The summed E-state index contributed by atoms with van der Waals surface area (Å²) >= 11 is 0. The van der Waals surface area contributed by atoms with Crippen LogP contribution in [-0.4, -0.2) is 71.3 Å². The SMILES string of the molecule is CCOc1c(CC(N)=O)cc([C@@](O)(CNC(=O)c2cc(OC)c3nn(C4CC4)cc3c2)C(F)(F)F)nc1-c1ccc2c(c1)OCCO2. The van der Waals surface area contributed by atoms with Gasteiger partial charge in [-0.05, 0) is 56.2 Å². The Morgan fingerprint density at radius 1 is 1.13 bits per heavy atom. The van der Waals surface area contributed by atoms with Crippen molar-refractivity contribution in [3.05, 3.63) is 59.4 Å². The lowest BCUT2D eigenvalue weighted by Crippen LogP contribution is -2.51. The van der Waals surface area contributed by atoms with Crippen LogP contribution in [0.5, 0.6) is 23.0 Å². The summed E-state index contributed by atoms with van der Waals surface area (Å²) in [4.78, 5) is 29.6. The summed E-state index contributed by atoms with van der Waals surface area (Å²) in [5.41, 5.74) is 1.51. The van der Waals surface area contributed by atoms with Gasteiger partial charge in [-0.3, -0.25) is 14.3 Å². The van der Waals surface area contributed by atoms with Crippen molar-refractivity contribution in [1.82, 2.24) is 20.1 Å². The second-order valence-electron chi connectivity index (χ2n) is 11.3. The maximum atomic E-state index is 14.8. The third-order valence-corrected chi connectivity index (χ3v) is 7.91. The molecule has 1 atom stereocenters. The highest BCUT2D eigenvalue weighted by Gasteiger charge is 2.57. The summed E-state index contributed by atoms with van der Waals surface area (Å²) in [5, 5.41) is 18.7. The third-order valence-electron chi connectivity index (χ3n) is 7.91. The van der Waals surface area contributed by atoms with E-state index in [1.807, 2.05) is 0 Å². The van der Waals surface area contributed by atoms with Crippen LogP contribution in [0.25, 0.3) is 22.2 Å². The van der Waals surface area contributed by atoms with E-state index in [2.05, 4.69) is 15.4 Å². The number of nitrogens with one attached hydrogen (secondary N) is 1. The number of aromatic nitrogens is 3. The van der Waals surface area contributed by atoms with Gasteiger partial charge < -0.3 is 35.1 Å². The molecule has 2 amide bonds. The van der Waals surface area contributed by atoms with E-state index in [1.165, 1.54) is 25.3 Å². The van der Waals surface area contributed by atoms with Crippen molar-refractivity contribution >= 4 is 22.7 Å². The normalized spacial score (nSPS) is 15.6. The molecule has 0 saturated heterocycles. The molecule has 1 aliphatic heterocycles. The van der Waals surface area contributed by atoms with Crippen LogP contribution in [0.3, 0.4) is 0 Å². The van der Waals surface area contributed by atoms with Crippen molar-refractivity contribution in [2.45, 2.75) is 44.0 Å². The number of halogens is 3. The Labute approximate surface area is 266 Å². The fourth-order valence-electron chi connectivity index (χ4n) is 5.39. The Bertz CT molecular complexity index is 1860. The predicted molar refractivity (Wildman–Crippen MR) is 162 cm³/mol. The summed E-state index contributed by atoms with van der Waals surface area (Å²) in [6, 6.07) is 8.65. The number of carbonyl (C=O) groups excluding carboxylic acids is 2. The Kier molecular flexibility index (Phi) is 8.34. The van der Waals surface area contributed by atoms with Crippen LogP contribution in [0.1, 0.15) is 47.4 Å². The van der Waals surface area contributed by atoms with Gasteiger partial charge in [0.1, 0.15) is 35.9 Å². The monoisotopic (exact) mass is 655 g/mol. The molecule has 47 heavy (non-hydrogen) atoms. The van der Waals surface area contributed by atoms with Gasteiger partial charge in [0.2, 0.25) is 11.5 Å². The summed E-state index contributed by atoms with van der Waals surface area (Å²) < 4.78 is 68.6. The first-order chi connectivity index (χ1) is 22.4. The standard InChI is InChI=1S/C32H32F3N5O7/c1-3-45-29-18(14-26(36)41)13-25(38-28(29)17-4-7-22-23(11-17)47-9-8-46-22)31(43,32(33,34)35)16-37-30(42)19-10-20-15-40(21-5-6-21)39-27(20)24(12-19)44-2/h4,7,10-13,15,21,43H,3,5-6,8-9,14,16H2,1-2H3,(H2,36,41)(H,37,42)/t31-/m0/s1. The van der Waals surface area contributed by atoms with Crippen molar-refractivity contribution in [2.75, 3.05) is 33.5 Å². The van der Waals surface area contributed by atoms with Gasteiger partial charge in [-0.1, -0.05) is 0 Å². The second kappa shape index (κ2) is 12.3. The molecule has 15 heteroatoms. The number of benzene rings is 2. The van der Waals surface area contributed by atoms with Crippen LogP contribution < -0.4 is 30.0 Å². The highest BCUT2D eigenvalue weighted by Crippen LogP contribution is 2.44. The maximum Gasteiger partial charge on any atom is 0.424 e. The van der Waals surface area contributed by atoms with Gasteiger partial charge in [0.15, 0.2) is 11.5 Å². The molecule has 0 spiro atoms. The molecule has 4 N–H and O–H groups in total. The molecule has 248 valence electrons. The van der Waals surface area contributed by atoms with Crippen molar-refractivity contribution in [3.63, 3.8) is 0 Å². The molecule has 4 aromatic rings. The minimum Gasteiger partial charge on any atom is -0.494 e. The Morgan fingerprint density at radius 2 is 1.87 bits per heavy atom. The topological polar surface area (TPSA) is 160 Å². The molecule has 2 aromatic carbocycles. The first kappa shape index (κ1) is 31.9. The fraction of sp³-hybridized carbons (Fsp3) is 0.375. The fourth-order valence-corrected chi connectivity index (χ4v) is 5.39. The summed E-state index contributed by atoms with van der Waals surface area (Å²) in [6.07, 6.45) is -2.16. The van der Waals surface area contributed by atoms with Crippen LogP contribution in [0.2, 0.25) is 0 Å². The van der Waals surface area contributed by atoms with Crippen molar-refractivity contribution < 1.29 is 46.8 Å². The van der Waals surface area contributed by atoms with E-state index >= 15 is 0 Å². The van der Waals surface area contributed by atoms with Crippen molar-refractivity contribution in [3.8, 4) is 34.3 Å². The number of methoxy groups -OCH3 is 1. The van der Waals surface area contributed by atoms with Gasteiger partial charge in [0, 0.05) is 28.3 Å². The van der Waals surface area contributed by atoms with Gasteiger partial charge in [-0.15, -0.1) is 0 Å². The molecular weight excluding hydrogens is 623 g/mol. The van der Waals surface area contributed by atoms with Gasteiger partial charge >= 0.3 is 6.18 Å². The third kappa shape index (κ3) is 6.22. The average molecular weight is 656 g/mol. The van der Waals surface area contributed by atoms with Gasteiger partial charge in [0.25, 0.3) is 5.91 Å². The van der Waals surface area contributed by atoms with Crippen molar-refractivity contribution in [2.24, 2.45) is 5.73 Å². The number of pyridine rings is 1. The number of nitrogens with zero attached hydrogens (tertiary/aromatic N) is 3. The summed E-state index contributed by atoms with van der Waals surface area (Å²) in [5.74, 6) is -0.723. The van der Waals surface area contributed by atoms with E-state index in [0.29, 0.717) is 29.0 Å². The van der Waals surface area contributed by atoms with Crippen LogP contribution in [-0.2, 0) is 16.8 Å². The first-order valence-corrected chi connectivity index (χ1v) is 14.9. The Balaban J connectivity index is 1.39. The lowest BCUT2D eigenvalue weighted by molar-refractivity contribution is -0.265. The highest BCUT2D eigenvalue weighted by atomic mass is 19.4. The summed E-state index contributed by atoms with van der Waals surface area (Å²) in [7, 11) is 1.40. The molecular formula is C32H32F3N5O7. The first-order valence-electron chi connectivity index (χ1n) is 14.9. The van der Waals surface area contributed by atoms with E-state index < -0.39 is 42.3 Å². The van der Waals surface area contributed by atoms with Crippen LogP contribution in [0, 0.1) is 0 Å². The molecule has 1 saturated carbocycles. The second-order valence-corrected chi connectivity index (χ2v) is 11.3. The molecule has 1 fully saturated rings. The number of nitrogens with two attached hydrogens (primary N) is 1. The number of ether oxygens (including phenoxy) is 4. The minimum absolute atomic E-state index is 0.000240. The molecule has 6 rings (SSSR count). The molecule has 3 heterocycles. The number of fused-ring (bicyclic) bond motifs is 2. The average Bonchev–Trinajstić information content (AvgIpc) is 3.81. The highest BCUT2D eigenvalue weighted by molar-refractivity contribution is 6.00. The number of primary amides is 1. The number of hydrogen-bond acceptors (Lipinski definition) is 9. The quantitative estimate of drug-likeness (QED) is 0.218. The number of aliphatic hydroxyl groups is 1. The lowest BCUT2D eigenvalue weighted by atomic mass is 9.93. The van der Waals surface area contributed by atoms with Crippen LogP contribution in [0.4, 0.5) is 13.2 Å². The molecule has 12 nitrogen and oxygen atoms in total. The van der Waals surface area contributed by atoms with Gasteiger partial charge in [0.05, 0.1) is 38.4 Å². The number of amides is 2. The zero-order chi connectivity index (χ0) is 33.5. The number of alkyl halides is 3. The molecule has 0 radical (unpaired) electrons. The number of carbonyl (C=O) groups is 2. The zero-order valence-corrected chi connectivity index (χ0v) is 25.5. The van der Waals surface area contributed by atoms with E-state index in [9.17, 15) is 27.9 Å². The van der Waals surface area contributed by atoms with E-state index in [-0.39, 0.29) is 53.1 Å². The van der Waals surface area contributed by atoms with Crippen LogP contribution >= 0.6 is 0 Å². The molecule has 1 aliphatic carbocycles. The minimum atomic E-state index is -5.33. The van der Waals surface area contributed by atoms with E-state index in [1.54, 1.807) is 29.9 Å². The van der Waals surface area contributed by atoms with Gasteiger partial charge in [-0.2, -0.15) is 18.3 Å². The lowest BCUT2D eigenvalue weighted by Gasteiger charge is -2.31. The maximum absolute atomic E-state index is 14.8. The number of rotatable bonds is 11. The number of hydrogen-bond donors (Lipinski definition) is 3. The van der Waals surface area contributed by atoms with Gasteiger partial charge in [-0.25, -0.2) is 4.98 Å². The van der Waals surface area contributed by atoms with E-state index in [0.717, 1.165) is 18.9 Å². The zero-order valence-electron chi connectivity index (χ0n) is 25.5. The Morgan fingerprint density at radius 3 is 2.53 bits per heavy atom. The molecule has 0 unspecified atom stereocenters. The van der Waals surface area contributed by atoms with Crippen LogP contribution in [0.15, 0.2) is 42.6 Å². The Hall–Kier alpha value is -5.05. The predicted octanol–water partition coefficient (Wildman–Crippen LogP) is 3.82. The largest absolute Gasteiger partial charge is 0.494 e. The molecule has 2 aliphatic rings. The van der Waals surface area contributed by atoms with Crippen molar-refractivity contribution in [1.29, 1.82) is 0 Å². The molecule has 2 aromatic heterocycles. The van der Waals surface area contributed by atoms with E-state index in [4.69, 9.17) is 24.7 Å².